The van der Waals surface area contributed by atoms with Crippen LogP contribution in [0.2, 0.25) is 0 Å². The Morgan fingerprint density at radius 3 is 2.27 bits per heavy atom. The lowest BCUT2D eigenvalue weighted by Gasteiger charge is -2.00. The van der Waals surface area contributed by atoms with Crippen molar-refractivity contribution in [3.05, 3.63) is 31.3 Å². The number of halogens is 4. The standard InChI is InChI=1S/C8H2BrF2IN2S/c9-3-1-4(10)6(5(11)2-3)7-13-14-8(12)15-7/h1-2H. The fraction of sp³-hybridized carbons (Fsp3) is 0. The molecule has 15 heavy (non-hydrogen) atoms. The molecule has 0 unspecified atom stereocenters. The molecule has 0 saturated heterocycles. The summed E-state index contributed by atoms with van der Waals surface area (Å²) in [5, 5.41) is 7.66. The summed E-state index contributed by atoms with van der Waals surface area (Å²) in [6, 6.07) is 2.40. The van der Waals surface area contributed by atoms with Gasteiger partial charge < -0.3 is 0 Å². The van der Waals surface area contributed by atoms with Crippen LogP contribution >= 0.6 is 49.9 Å². The topological polar surface area (TPSA) is 25.8 Å². The van der Waals surface area contributed by atoms with Crippen molar-refractivity contribution in [3.8, 4) is 10.6 Å². The third kappa shape index (κ3) is 2.34. The zero-order valence-electron chi connectivity index (χ0n) is 6.97. The number of hydrogen-bond donors (Lipinski definition) is 0. The number of hydrogen-bond acceptors (Lipinski definition) is 3. The van der Waals surface area contributed by atoms with Gasteiger partial charge >= 0.3 is 0 Å². The highest BCUT2D eigenvalue weighted by Gasteiger charge is 2.16. The SMILES string of the molecule is Fc1cc(Br)cc(F)c1-c1nnc(I)s1. The smallest absolute Gasteiger partial charge is 0.178 e. The molecular weight excluding hydrogens is 401 g/mol. The molecule has 2 rings (SSSR count). The molecule has 0 fully saturated rings. The Labute approximate surface area is 110 Å². The Bertz CT molecular complexity index is 494. The van der Waals surface area contributed by atoms with E-state index in [1.165, 1.54) is 12.1 Å². The molecule has 0 amide bonds. The molecule has 7 heteroatoms. The number of benzene rings is 1. The van der Waals surface area contributed by atoms with E-state index < -0.39 is 11.6 Å². The van der Waals surface area contributed by atoms with Crippen LogP contribution in [0.3, 0.4) is 0 Å². The summed E-state index contributed by atoms with van der Waals surface area (Å²) >= 11 is 6.10. The summed E-state index contributed by atoms with van der Waals surface area (Å²) in [4.78, 5) is 0. The van der Waals surface area contributed by atoms with Crippen LogP contribution in [0.1, 0.15) is 0 Å². The van der Waals surface area contributed by atoms with E-state index in [1.54, 1.807) is 0 Å². The van der Waals surface area contributed by atoms with Crippen molar-refractivity contribution >= 4 is 49.9 Å². The number of aromatic nitrogens is 2. The Morgan fingerprint density at radius 2 is 1.80 bits per heavy atom. The highest BCUT2D eigenvalue weighted by Crippen LogP contribution is 2.31. The molecule has 0 N–H and O–H groups in total. The van der Waals surface area contributed by atoms with Crippen LogP contribution in [-0.4, -0.2) is 10.2 Å². The molecule has 0 aliphatic heterocycles. The molecule has 1 aromatic heterocycles. The lowest BCUT2D eigenvalue weighted by molar-refractivity contribution is 0.587. The second-order valence-electron chi connectivity index (χ2n) is 2.60. The molecule has 0 spiro atoms. The first-order valence-corrected chi connectivity index (χ1v) is 6.40. The van der Waals surface area contributed by atoms with Crippen LogP contribution in [0.4, 0.5) is 8.78 Å². The summed E-state index contributed by atoms with van der Waals surface area (Å²) in [6.45, 7) is 0. The minimum atomic E-state index is -0.644. The first-order valence-electron chi connectivity index (χ1n) is 3.72. The maximum absolute atomic E-state index is 13.5. The molecular formula is C8H2BrF2IN2S. The van der Waals surface area contributed by atoms with Gasteiger partial charge in [-0.3, -0.25) is 0 Å². The Morgan fingerprint density at radius 1 is 1.20 bits per heavy atom. The highest BCUT2D eigenvalue weighted by molar-refractivity contribution is 14.1. The van der Waals surface area contributed by atoms with Crippen molar-refractivity contribution in [1.29, 1.82) is 0 Å². The fourth-order valence-electron chi connectivity index (χ4n) is 1.05. The van der Waals surface area contributed by atoms with E-state index in [1.807, 2.05) is 22.6 Å². The predicted octanol–water partition coefficient (Wildman–Crippen LogP) is 3.85. The average molecular weight is 403 g/mol. The fourth-order valence-corrected chi connectivity index (χ4v) is 2.81. The third-order valence-corrected chi connectivity index (χ3v) is 3.68. The molecule has 2 nitrogen and oxygen atoms in total. The lowest BCUT2D eigenvalue weighted by atomic mass is 10.2. The van der Waals surface area contributed by atoms with Crippen molar-refractivity contribution in [3.63, 3.8) is 0 Å². The Hall–Kier alpha value is -0.150. The molecule has 0 aliphatic carbocycles. The van der Waals surface area contributed by atoms with Gasteiger partial charge in [-0.2, -0.15) is 0 Å². The molecule has 0 radical (unpaired) electrons. The van der Waals surface area contributed by atoms with Gasteiger partial charge in [-0.25, -0.2) is 8.78 Å². The predicted molar refractivity (Wildman–Crippen MR) is 65.7 cm³/mol. The molecule has 2 aromatic rings. The maximum atomic E-state index is 13.5. The Kier molecular flexibility index (Phi) is 3.31. The van der Waals surface area contributed by atoms with Gasteiger partial charge in [0.25, 0.3) is 0 Å². The third-order valence-electron chi connectivity index (χ3n) is 1.62. The highest BCUT2D eigenvalue weighted by atomic mass is 127. The molecule has 0 aliphatic rings. The second kappa shape index (κ2) is 4.38. The van der Waals surface area contributed by atoms with Crippen LogP contribution in [0, 0.1) is 14.6 Å². The monoisotopic (exact) mass is 402 g/mol. The van der Waals surface area contributed by atoms with Gasteiger partial charge in [-0.15, -0.1) is 10.2 Å². The van der Waals surface area contributed by atoms with Crippen LogP contribution in [0.25, 0.3) is 10.6 Å². The molecule has 0 atom stereocenters. The van der Waals surface area contributed by atoms with E-state index in [2.05, 4.69) is 26.1 Å². The zero-order chi connectivity index (χ0) is 11.0. The normalized spacial score (nSPS) is 10.7. The second-order valence-corrected chi connectivity index (χ2v) is 6.25. The van der Waals surface area contributed by atoms with Crippen molar-refractivity contribution < 1.29 is 8.78 Å². The van der Waals surface area contributed by atoms with Gasteiger partial charge in [0.15, 0.2) is 8.02 Å². The van der Waals surface area contributed by atoms with E-state index in [0.29, 0.717) is 7.49 Å². The van der Waals surface area contributed by atoms with E-state index in [9.17, 15) is 8.78 Å². The van der Waals surface area contributed by atoms with Crippen molar-refractivity contribution in [1.82, 2.24) is 10.2 Å². The van der Waals surface area contributed by atoms with Gasteiger partial charge in [0.1, 0.15) is 11.6 Å². The summed E-state index contributed by atoms with van der Waals surface area (Å²) in [6.07, 6.45) is 0. The minimum Gasteiger partial charge on any atom is -0.206 e. The molecule has 0 saturated carbocycles. The molecule has 1 heterocycles. The van der Waals surface area contributed by atoms with E-state index in [-0.39, 0.29) is 10.6 Å². The number of nitrogens with zero attached hydrogens (tertiary/aromatic N) is 2. The molecule has 0 bridgehead atoms. The largest absolute Gasteiger partial charge is 0.206 e. The first-order chi connectivity index (χ1) is 7.08. The van der Waals surface area contributed by atoms with Gasteiger partial charge in [-0.05, 0) is 34.7 Å². The maximum Gasteiger partial charge on any atom is 0.178 e. The Balaban J connectivity index is 2.62. The van der Waals surface area contributed by atoms with Crippen molar-refractivity contribution in [2.75, 3.05) is 0 Å². The lowest BCUT2D eigenvalue weighted by Crippen LogP contribution is -1.89. The van der Waals surface area contributed by atoms with E-state index >= 15 is 0 Å². The van der Waals surface area contributed by atoms with Gasteiger partial charge in [0.05, 0.1) is 5.56 Å². The van der Waals surface area contributed by atoms with Crippen molar-refractivity contribution in [2.24, 2.45) is 0 Å². The van der Waals surface area contributed by atoms with Crippen LogP contribution in [-0.2, 0) is 0 Å². The van der Waals surface area contributed by atoms with Gasteiger partial charge in [0.2, 0.25) is 0 Å². The average Bonchev–Trinajstić information content (AvgIpc) is 2.49. The van der Waals surface area contributed by atoms with E-state index in [0.717, 1.165) is 11.3 Å². The summed E-state index contributed by atoms with van der Waals surface area (Å²) < 4.78 is 27.9. The first kappa shape index (κ1) is 11.3. The van der Waals surface area contributed by atoms with Gasteiger partial charge in [0, 0.05) is 4.47 Å². The zero-order valence-corrected chi connectivity index (χ0v) is 11.5. The summed E-state index contributed by atoms with van der Waals surface area (Å²) in [7, 11) is 0. The van der Waals surface area contributed by atoms with Gasteiger partial charge in [-0.1, -0.05) is 27.3 Å². The summed E-state index contributed by atoms with van der Waals surface area (Å²) in [5.74, 6) is -1.29. The quantitative estimate of drug-likeness (QED) is 0.677. The molecule has 78 valence electrons. The van der Waals surface area contributed by atoms with Crippen LogP contribution in [0.5, 0.6) is 0 Å². The summed E-state index contributed by atoms with van der Waals surface area (Å²) in [5.41, 5.74) is -0.126. The minimum absolute atomic E-state index is 0.126. The van der Waals surface area contributed by atoms with Crippen LogP contribution < -0.4 is 0 Å². The van der Waals surface area contributed by atoms with E-state index in [4.69, 9.17) is 0 Å². The molecule has 1 aromatic carbocycles. The van der Waals surface area contributed by atoms with Crippen molar-refractivity contribution in [2.45, 2.75) is 0 Å². The van der Waals surface area contributed by atoms with Crippen LogP contribution in [0.15, 0.2) is 16.6 Å². The number of rotatable bonds is 1.